The van der Waals surface area contributed by atoms with Crippen LogP contribution in [0.1, 0.15) is 44.2 Å². The molecule has 2 aromatic rings. The molecule has 2 unspecified atom stereocenters. The molecule has 1 N–H and O–H groups in total. The smallest absolute Gasteiger partial charge is 0.234 e. The minimum absolute atomic E-state index is 0.0806. The van der Waals surface area contributed by atoms with Gasteiger partial charge in [0.15, 0.2) is 5.60 Å². The zero-order valence-corrected chi connectivity index (χ0v) is 16.4. The van der Waals surface area contributed by atoms with Gasteiger partial charge in [-0.15, -0.1) is 0 Å². The average Bonchev–Trinajstić information content (AvgIpc) is 2.93. The SMILES string of the molecule is CCCCN1CC2(O)OOC(c3ccccc3)(c3ccccc3)CC2(C)C1=O. The first-order valence-corrected chi connectivity index (χ1v) is 9.95. The summed E-state index contributed by atoms with van der Waals surface area (Å²) in [7, 11) is 0. The third kappa shape index (κ3) is 2.77. The Kier molecular flexibility index (Phi) is 4.78. The van der Waals surface area contributed by atoms with Crippen LogP contribution in [0.3, 0.4) is 0 Å². The summed E-state index contributed by atoms with van der Waals surface area (Å²) in [6.07, 6.45) is 2.17. The van der Waals surface area contributed by atoms with Crippen LogP contribution in [0.5, 0.6) is 0 Å². The Bertz CT molecular complexity index is 801. The van der Waals surface area contributed by atoms with Crippen LogP contribution in [0.4, 0.5) is 0 Å². The number of hydrogen-bond donors (Lipinski definition) is 1. The number of carbonyl (C=O) groups excluding carboxylic acids is 1. The lowest BCUT2D eigenvalue weighted by molar-refractivity contribution is -0.500. The molecule has 2 atom stereocenters. The van der Waals surface area contributed by atoms with E-state index in [4.69, 9.17) is 9.78 Å². The standard InChI is InChI=1S/C23H27NO4/c1-3-4-15-24-17-23(26)21(2,20(24)25)16-22(27-28-23,18-11-7-5-8-12-18)19-13-9-6-10-14-19/h5-14,26H,3-4,15-17H2,1-2H3. The van der Waals surface area contributed by atoms with Crippen LogP contribution in [-0.4, -0.2) is 34.8 Å². The number of aliphatic hydroxyl groups is 1. The molecule has 5 heteroatoms. The number of carbonyl (C=O) groups is 1. The van der Waals surface area contributed by atoms with Crippen molar-refractivity contribution in [2.45, 2.75) is 44.5 Å². The summed E-state index contributed by atoms with van der Waals surface area (Å²) in [5.41, 5.74) is -0.293. The molecule has 2 fully saturated rings. The number of amides is 1. The Morgan fingerprint density at radius 2 is 1.57 bits per heavy atom. The first-order chi connectivity index (χ1) is 13.5. The highest BCUT2D eigenvalue weighted by Crippen LogP contribution is 2.56. The van der Waals surface area contributed by atoms with Crippen LogP contribution in [0, 0.1) is 5.41 Å². The van der Waals surface area contributed by atoms with E-state index in [1.54, 1.807) is 11.8 Å². The Morgan fingerprint density at radius 1 is 1.00 bits per heavy atom. The summed E-state index contributed by atoms with van der Waals surface area (Å²) in [4.78, 5) is 26.7. The van der Waals surface area contributed by atoms with Gasteiger partial charge in [0.25, 0.3) is 0 Å². The van der Waals surface area contributed by atoms with Gasteiger partial charge in [-0.1, -0.05) is 74.0 Å². The molecule has 2 aliphatic heterocycles. The van der Waals surface area contributed by atoms with Gasteiger partial charge in [0.2, 0.25) is 11.7 Å². The normalized spacial score (nSPS) is 29.0. The van der Waals surface area contributed by atoms with Gasteiger partial charge in [-0.05, 0) is 24.5 Å². The number of unbranched alkanes of at least 4 members (excludes halogenated alkanes) is 1. The lowest BCUT2D eigenvalue weighted by atomic mass is 9.68. The number of nitrogens with zero attached hydrogens (tertiary/aromatic N) is 1. The topological polar surface area (TPSA) is 59.0 Å². The van der Waals surface area contributed by atoms with E-state index < -0.39 is 16.8 Å². The first kappa shape index (κ1) is 19.1. The fourth-order valence-electron chi connectivity index (χ4n) is 4.43. The third-order valence-corrected chi connectivity index (χ3v) is 6.21. The van der Waals surface area contributed by atoms with E-state index in [0.717, 1.165) is 24.0 Å². The third-order valence-electron chi connectivity index (χ3n) is 6.21. The summed E-state index contributed by atoms with van der Waals surface area (Å²) < 4.78 is 0. The number of hydrogen-bond acceptors (Lipinski definition) is 4. The molecule has 0 spiro atoms. The Balaban J connectivity index is 1.79. The molecule has 5 nitrogen and oxygen atoms in total. The van der Waals surface area contributed by atoms with Crippen molar-refractivity contribution in [2.24, 2.45) is 5.41 Å². The summed E-state index contributed by atoms with van der Waals surface area (Å²) in [5.74, 6) is -1.74. The molecule has 0 bridgehead atoms. The van der Waals surface area contributed by atoms with Crippen molar-refractivity contribution in [3.63, 3.8) is 0 Å². The Hall–Kier alpha value is -2.21. The average molecular weight is 381 g/mol. The molecule has 148 valence electrons. The van der Waals surface area contributed by atoms with Gasteiger partial charge in [-0.3, -0.25) is 4.79 Å². The minimum Gasteiger partial charge on any atom is -0.361 e. The zero-order valence-electron chi connectivity index (χ0n) is 16.4. The van der Waals surface area contributed by atoms with Crippen LogP contribution in [0.15, 0.2) is 60.7 Å². The molecule has 0 aromatic heterocycles. The maximum Gasteiger partial charge on any atom is 0.234 e. The van der Waals surface area contributed by atoms with E-state index in [-0.39, 0.29) is 12.5 Å². The molecule has 2 heterocycles. The highest BCUT2D eigenvalue weighted by Gasteiger charge is 2.69. The van der Waals surface area contributed by atoms with Gasteiger partial charge >= 0.3 is 0 Å². The second kappa shape index (κ2) is 6.99. The monoisotopic (exact) mass is 381 g/mol. The molecule has 28 heavy (non-hydrogen) atoms. The van der Waals surface area contributed by atoms with Gasteiger partial charge in [0.05, 0.1) is 6.54 Å². The predicted octanol–water partition coefficient (Wildman–Crippen LogP) is 3.62. The maximum absolute atomic E-state index is 13.4. The molecule has 4 rings (SSSR count). The summed E-state index contributed by atoms with van der Waals surface area (Å²) >= 11 is 0. The van der Waals surface area contributed by atoms with Crippen molar-refractivity contribution < 1.29 is 19.7 Å². The van der Waals surface area contributed by atoms with E-state index in [1.807, 2.05) is 60.7 Å². The highest BCUT2D eigenvalue weighted by molar-refractivity contribution is 5.86. The summed E-state index contributed by atoms with van der Waals surface area (Å²) in [6.45, 7) is 4.62. The van der Waals surface area contributed by atoms with E-state index >= 15 is 0 Å². The van der Waals surface area contributed by atoms with E-state index in [9.17, 15) is 9.90 Å². The van der Waals surface area contributed by atoms with Crippen molar-refractivity contribution in [2.75, 3.05) is 13.1 Å². The molecule has 1 amide bonds. The van der Waals surface area contributed by atoms with Gasteiger partial charge in [-0.25, -0.2) is 4.89 Å². The highest BCUT2D eigenvalue weighted by atomic mass is 17.2. The fourth-order valence-corrected chi connectivity index (χ4v) is 4.43. The second-order valence-electron chi connectivity index (χ2n) is 8.10. The van der Waals surface area contributed by atoms with Crippen molar-refractivity contribution in [3.8, 4) is 0 Å². The van der Waals surface area contributed by atoms with Gasteiger partial charge < -0.3 is 10.0 Å². The molecule has 2 aromatic carbocycles. The largest absolute Gasteiger partial charge is 0.361 e. The van der Waals surface area contributed by atoms with Crippen molar-refractivity contribution in [3.05, 3.63) is 71.8 Å². The number of rotatable bonds is 5. The minimum atomic E-state index is -1.66. The van der Waals surface area contributed by atoms with Crippen LogP contribution in [-0.2, 0) is 20.2 Å². The Morgan fingerprint density at radius 3 is 2.11 bits per heavy atom. The molecule has 0 radical (unpaired) electrons. The fraction of sp³-hybridized carbons (Fsp3) is 0.435. The van der Waals surface area contributed by atoms with Crippen LogP contribution >= 0.6 is 0 Å². The number of β-amino-alcohol motifs (C(OH)–C–C–N with tert-alkyl or cyclic N) is 1. The van der Waals surface area contributed by atoms with E-state index in [1.165, 1.54) is 0 Å². The van der Waals surface area contributed by atoms with Gasteiger partial charge in [0.1, 0.15) is 5.41 Å². The summed E-state index contributed by atoms with van der Waals surface area (Å²) in [5, 5.41) is 11.2. The van der Waals surface area contributed by atoms with Crippen LogP contribution < -0.4 is 0 Å². The first-order valence-electron chi connectivity index (χ1n) is 9.95. The van der Waals surface area contributed by atoms with Crippen molar-refractivity contribution in [1.82, 2.24) is 4.90 Å². The summed E-state index contributed by atoms with van der Waals surface area (Å²) in [6, 6.07) is 19.5. The quantitative estimate of drug-likeness (QED) is 0.804. The lowest BCUT2D eigenvalue weighted by Crippen LogP contribution is -2.58. The molecule has 2 saturated heterocycles. The molecular weight excluding hydrogens is 354 g/mol. The van der Waals surface area contributed by atoms with Crippen molar-refractivity contribution in [1.29, 1.82) is 0 Å². The lowest BCUT2D eigenvalue weighted by Gasteiger charge is -2.48. The molecular formula is C23H27NO4. The molecule has 0 aliphatic carbocycles. The molecule has 0 saturated carbocycles. The van der Waals surface area contributed by atoms with Crippen LogP contribution in [0.25, 0.3) is 0 Å². The molecule has 2 aliphatic rings. The zero-order chi connectivity index (χ0) is 19.8. The van der Waals surface area contributed by atoms with Crippen molar-refractivity contribution >= 4 is 5.91 Å². The number of likely N-dealkylation sites (tertiary alicyclic amines) is 1. The van der Waals surface area contributed by atoms with Gasteiger partial charge in [-0.2, -0.15) is 4.89 Å². The van der Waals surface area contributed by atoms with E-state index in [2.05, 4.69) is 6.92 Å². The maximum atomic E-state index is 13.4. The number of benzene rings is 2. The predicted molar refractivity (Wildman–Crippen MR) is 105 cm³/mol. The second-order valence-corrected chi connectivity index (χ2v) is 8.10. The van der Waals surface area contributed by atoms with Gasteiger partial charge in [0, 0.05) is 13.0 Å². The Labute approximate surface area is 165 Å². The number of fused-ring (bicyclic) bond motifs is 1. The van der Waals surface area contributed by atoms with E-state index in [0.29, 0.717) is 13.0 Å². The van der Waals surface area contributed by atoms with Crippen LogP contribution in [0.2, 0.25) is 0 Å².